The summed E-state index contributed by atoms with van der Waals surface area (Å²) in [6, 6.07) is 11.6. The van der Waals surface area contributed by atoms with Gasteiger partial charge in [-0.2, -0.15) is 9.61 Å². The Hall–Kier alpha value is -3.03. The van der Waals surface area contributed by atoms with E-state index in [2.05, 4.69) is 15.4 Å². The highest BCUT2D eigenvalue weighted by Gasteiger charge is 2.22. The fourth-order valence-corrected chi connectivity index (χ4v) is 3.54. The van der Waals surface area contributed by atoms with Crippen LogP contribution in [0.3, 0.4) is 0 Å². The molecule has 2 amide bonds. The van der Waals surface area contributed by atoms with Crippen LogP contribution in [-0.4, -0.2) is 53.0 Å². The van der Waals surface area contributed by atoms with Crippen molar-refractivity contribution in [2.45, 2.75) is 12.8 Å². The molecule has 1 unspecified atom stereocenters. The normalized spacial score (nSPS) is 17.2. The summed E-state index contributed by atoms with van der Waals surface area (Å²) in [5.74, 6) is 1.16. The predicted molar refractivity (Wildman–Crippen MR) is 106 cm³/mol. The molecule has 27 heavy (non-hydrogen) atoms. The predicted octanol–water partition coefficient (Wildman–Crippen LogP) is 1.39. The van der Waals surface area contributed by atoms with E-state index in [4.69, 9.17) is 13.6 Å². The molecule has 2 aromatic heterocycles. The lowest BCUT2D eigenvalue weighted by molar-refractivity contribution is 0.177. The van der Waals surface area contributed by atoms with Gasteiger partial charge in [0.05, 0.1) is 5.69 Å². The summed E-state index contributed by atoms with van der Waals surface area (Å²) in [5.41, 5.74) is 8.44. The standard InChI is InChI=1S/C19H21BN6O/c20-15-11-23-26-17(22-10-13-5-4-8-25(12-13)19(21)27)9-16(24-18(15)26)14-6-2-1-3-7-14/h1-3,6-7,9,11,13,22H,4-5,8,10,12H2,(H2,21,27). The molecule has 1 aromatic carbocycles. The van der Waals surface area contributed by atoms with Crippen molar-refractivity contribution in [2.24, 2.45) is 11.7 Å². The van der Waals surface area contributed by atoms with E-state index in [0.29, 0.717) is 23.6 Å². The van der Waals surface area contributed by atoms with Gasteiger partial charge in [-0.25, -0.2) is 9.78 Å². The largest absolute Gasteiger partial charge is 0.370 e. The molecule has 1 aliphatic rings. The number of piperidine rings is 1. The summed E-state index contributed by atoms with van der Waals surface area (Å²) in [6.45, 7) is 2.12. The maximum atomic E-state index is 11.4. The molecular formula is C19H21BN6O. The molecule has 0 saturated carbocycles. The number of hydrogen-bond donors (Lipinski definition) is 2. The van der Waals surface area contributed by atoms with Crippen molar-refractivity contribution >= 4 is 30.8 Å². The third kappa shape index (κ3) is 3.60. The Morgan fingerprint density at radius 3 is 2.93 bits per heavy atom. The van der Waals surface area contributed by atoms with Crippen LogP contribution >= 0.6 is 0 Å². The fraction of sp³-hybridized carbons (Fsp3) is 0.316. The molecule has 0 spiro atoms. The van der Waals surface area contributed by atoms with Crippen LogP contribution in [0, 0.1) is 5.92 Å². The summed E-state index contributed by atoms with van der Waals surface area (Å²) >= 11 is 0. The zero-order valence-corrected chi connectivity index (χ0v) is 15.0. The summed E-state index contributed by atoms with van der Waals surface area (Å²) < 4.78 is 1.72. The van der Waals surface area contributed by atoms with E-state index in [0.717, 1.165) is 43.0 Å². The number of carbonyl (C=O) groups excluding carboxylic acids is 1. The second-order valence-electron chi connectivity index (χ2n) is 6.90. The SMILES string of the molecule is [B]c1cnn2c(NCC3CCCN(C(N)=O)C3)cc(-c3ccccc3)nc12. The first-order valence-corrected chi connectivity index (χ1v) is 9.10. The van der Waals surface area contributed by atoms with E-state index in [1.165, 1.54) is 0 Å². The lowest BCUT2D eigenvalue weighted by atomic mass is 9.98. The Kier molecular flexibility index (Phi) is 4.70. The van der Waals surface area contributed by atoms with E-state index in [1.807, 2.05) is 36.4 Å². The van der Waals surface area contributed by atoms with Crippen LogP contribution in [0.15, 0.2) is 42.6 Å². The van der Waals surface area contributed by atoms with Gasteiger partial charge in [0.15, 0.2) is 5.65 Å². The lowest BCUT2D eigenvalue weighted by Crippen LogP contribution is -2.44. The van der Waals surface area contributed by atoms with Gasteiger partial charge in [0.25, 0.3) is 0 Å². The van der Waals surface area contributed by atoms with Gasteiger partial charge in [0.1, 0.15) is 13.7 Å². The molecule has 4 rings (SSSR count). The number of likely N-dealkylation sites (tertiary alicyclic amines) is 1. The van der Waals surface area contributed by atoms with Crippen LogP contribution in [0.1, 0.15) is 12.8 Å². The van der Waals surface area contributed by atoms with Gasteiger partial charge in [0, 0.05) is 37.5 Å². The first kappa shape index (κ1) is 17.4. The minimum Gasteiger partial charge on any atom is -0.370 e. The number of amides is 2. The van der Waals surface area contributed by atoms with Crippen molar-refractivity contribution in [2.75, 3.05) is 25.0 Å². The van der Waals surface area contributed by atoms with Crippen LogP contribution in [0.5, 0.6) is 0 Å². The number of anilines is 1. The molecule has 7 nitrogen and oxygen atoms in total. The zero-order chi connectivity index (χ0) is 18.8. The molecule has 3 aromatic rings. The monoisotopic (exact) mass is 360 g/mol. The van der Waals surface area contributed by atoms with Gasteiger partial charge in [-0.15, -0.1) is 0 Å². The van der Waals surface area contributed by atoms with Crippen molar-refractivity contribution in [3.63, 3.8) is 0 Å². The van der Waals surface area contributed by atoms with Gasteiger partial charge in [-0.1, -0.05) is 30.3 Å². The number of primary amides is 1. The van der Waals surface area contributed by atoms with Gasteiger partial charge in [-0.3, -0.25) is 0 Å². The average Bonchev–Trinajstić information content (AvgIpc) is 3.08. The van der Waals surface area contributed by atoms with E-state index in [9.17, 15) is 4.79 Å². The summed E-state index contributed by atoms with van der Waals surface area (Å²) in [6.07, 6.45) is 3.63. The first-order valence-electron chi connectivity index (χ1n) is 9.10. The summed E-state index contributed by atoms with van der Waals surface area (Å²) in [4.78, 5) is 17.8. The van der Waals surface area contributed by atoms with Crippen LogP contribution in [0.4, 0.5) is 10.6 Å². The smallest absolute Gasteiger partial charge is 0.314 e. The van der Waals surface area contributed by atoms with Gasteiger partial charge >= 0.3 is 6.03 Å². The highest BCUT2D eigenvalue weighted by Crippen LogP contribution is 2.22. The molecular weight excluding hydrogens is 339 g/mol. The molecule has 8 heteroatoms. The number of nitrogens with one attached hydrogen (secondary N) is 1. The first-order chi connectivity index (χ1) is 13.1. The number of carbonyl (C=O) groups is 1. The molecule has 1 saturated heterocycles. The van der Waals surface area contributed by atoms with Crippen molar-refractivity contribution in [3.05, 3.63) is 42.6 Å². The quantitative estimate of drug-likeness (QED) is 0.689. The maximum Gasteiger partial charge on any atom is 0.314 e. The Morgan fingerprint density at radius 2 is 2.15 bits per heavy atom. The lowest BCUT2D eigenvalue weighted by Gasteiger charge is -2.31. The summed E-state index contributed by atoms with van der Waals surface area (Å²) in [7, 11) is 6.05. The number of rotatable bonds is 4. The third-order valence-corrected chi connectivity index (χ3v) is 4.97. The van der Waals surface area contributed by atoms with Gasteiger partial charge in [0.2, 0.25) is 0 Å². The van der Waals surface area contributed by atoms with E-state index >= 15 is 0 Å². The van der Waals surface area contributed by atoms with Crippen molar-refractivity contribution in [1.29, 1.82) is 0 Å². The molecule has 1 fully saturated rings. The van der Waals surface area contributed by atoms with Crippen molar-refractivity contribution in [1.82, 2.24) is 19.5 Å². The number of hydrogen-bond acceptors (Lipinski definition) is 4. The molecule has 1 aliphatic heterocycles. The van der Waals surface area contributed by atoms with Gasteiger partial charge < -0.3 is 16.0 Å². The van der Waals surface area contributed by atoms with Gasteiger partial charge in [-0.05, 0) is 24.2 Å². The van der Waals surface area contributed by atoms with Crippen molar-refractivity contribution < 1.29 is 4.79 Å². The van der Waals surface area contributed by atoms with Crippen LogP contribution in [-0.2, 0) is 0 Å². The van der Waals surface area contributed by atoms with Crippen LogP contribution < -0.4 is 16.5 Å². The number of fused-ring (bicyclic) bond motifs is 1. The second kappa shape index (κ2) is 7.30. The average molecular weight is 360 g/mol. The topological polar surface area (TPSA) is 88.5 Å². The number of benzene rings is 1. The highest BCUT2D eigenvalue weighted by molar-refractivity contribution is 6.36. The Labute approximate surface area is 159 Å². The number of aromatic nitrogens is 3. The third-order valence-electron chi connectivity index (χ3n) is 4.97. The van der Waals surface area contributed by atoms with E-state index in [1.54, 1.807) is 15.6 Å². The van der Waals surface area contributed by atoms with Crippen LogP contribution in [0.2, 0.25) is 0 Å². The highest BCUT2D eigenvalue weighted by atomic mass is 16.2. The summed E-state index contributed by atoms with van der Waals surface area (Å²) in [5, 5.41) is 7.81. The molecule has 136 valence electrons. The second-order valence-corrected chi connectivity index (χ2v) is 6.90. The Balaban J connectivity index is 1.60. The molecule has 2 radical (unpaired) electrons. The van der Waals surface area contributed by atoms with Crippen molar-refractivity contribution in [3.8, 4) is 11.3 Å². The zero-order valence-electron chi connectivity index (χ0n) is 15.0. The molecule has 0 bridgehead atoms. The fourth-order valence-electron chi connectivity index (χ4n) is 3.54. The number of urea groups is 1. The molecule has 1 atom stereocenters. The maximum absolute atomic E-state index is 11.4. The number of nitrogens with two attached hydrogens (primary N) is 1. The molecule has 0 aliphatic carbocycles. The Bertz CT molecular complexity index is 957. The minimum atomic E-state index is -0.350. The molecule has 3 N–H and O–H groups in total. The molecule has 3 heterocycles. The van der Waals surface area contributed by atoms with E-state index in [-0.39, 0.29) is 6.03 Å². The Morgan fingerprint density at radius 1 is 1.33 bits per heavy atom. The minimum absolute atomic E-state index is 0.336. The number of nitrogens with zero attached hydrogens (tertiary/aromatic N) is 4. The van der Waals surface area contributed by atoms with E-state index < -0.39 is 0 Å². The van der Waals surface area contributed by atoms with Crippen LogP contribution in [0.25, 0.3) is 16.9 Å².